The minimum atomic E-state index is -4.18. The summed E-state index contributed by atoms with van der Waals surface area (Å²) in [5, 5.41) is 1.74. The molecule has 1 aliphatic rings. The molecule has 3 aromatic rings. The summed E-state index contributed by atoms with van der Waals surface area (Å²) >= 11 is 0. The number of sulfonamides is 1. The maximum absolute atomic E-state index is 13.6. The largest absolute Gasteiger partial charge is 0.292 e. The van der Waals surface area contributed by atoms with Crippen molar-refractivity contribution >= 4 is 32.4 Å². The number of hydrogen-bond acceptors (Lipinski definition) is 4. The number of carbonyl (C=O) groups excluding carboxylic acids is 2. The lowest BCUT2D eigenvalue weighted by Crippen LogP contribution is -2.53. The molecule has 1 unspecified atom stereocenters. The lowest BCUT2D eigenvalue weighted by atomic mass is 9.94. The van der Waals surface area contributed by atoms with Crippen LogP contribution in [0.2, 0.25) is 0 Å². The normalized spacial score (nSPS) is 18.8. The Bertz CT molecular complexity index is 1240. The van der Waals surface area contributed by atoms with Crippen LogP contribution in [0.1, 0.15) is 27.6 Å². The van der Waals surface area contributed by atoms with Crippen LogP contribution in [-0.2, 0) is 10.0 Å². The summed E-state index contributed by atoms with van der Waals surface area (Å²) in [6, 6.07) is 13.9. The highest BCUT2D eigenvalue weighted by molar-refractivity contribution is 7.89. The van der Waals surface area contributed by atoms with Crippen molar-refractivity contribution in [3.8, 4) is 0 Å². The van der Waals surface area contributed by atoms with E-state index < -0.39 is 38.3 Å². The fourth-order valence-electron chi connectivity index (χ4n) is 3.56. The first-order valence-corrected chi connectivity index (χ1v) is 10.2. The predicted molar refractivity (Wildman–Crippen MR) is 102 cm³/mol. The molecule has 1 atom stereocenters. The van der Waals surface area contributed by atoms with Crippen molar-refractivity contribution in [1.29, 1.82) is 0 Å². The summed E-state index contributed by atoms with van der Waals surface area (Å²) in [5.74, 6) is -2.01. The van der Waals surface area contributed by atoms with Gasteiger partial charge in [0, 0.05) is 17.7 Å². The van der Waals surface area contributed by atoms with Crippen molar-refractivity contribution < 1.29 is 22.4 Å². The second-order valence-corrected chi connectivity index (χ2v) is 8.40. The number of carbonyl (C=O) groups is 2. The molecule has 4 rings (SSSR count). The topological polar surface area (TPSA) is 71.5 Å². The van der Waals surface area contributed by atoms with Gasteiger partial charge in [0.05, 0.1) is 4.90 Å². The maximum Gasteiger partial charge on any atom is 0.244 e. The molecule has 3 aromatic carbocycles. The van der Waals surface area contributed by atoms with Gasteiger partial charge >= 0.3 is 0 Å². The Kier molecular flexibility index (Phi) is 4.36. The van der Waals surface area contributed by atoms with Gasteiger partial charge in [0.25, 0.3) is 0 Å². The zero-order valence-corrected chi connectivity index (χ0v) is 15.7. The molecule has 0 saturated carbocycles. The molecule has 0 N–H and O–H groups in total. The Labute approximate surface area is 161 Å². The highest BCUT2D eigenvalue weighted by atomic mass is 32.2. The van der Waals surface area contributed by atoms with Gasteiger partial charge in [0.2, 0.25) is 10.0 Å². The van der Waals surface area contributed by atoms with E-state index in [1.165, 1.54) is 6.92 Å². The van der Waals surface area contributed by atoms with E-state index in [9.17, 15) is 22.4 Å². The molecular formula is C21H16FNO4S. The third-order valence-electron chi connectivity index (χ3n) is 4.93. The van der Waals surface area contributed by atoms with Crippen molar-refractivity contribution in [1.82, 2.24) is 4.31 Å². The van der Waals surface area contributed by atoms with Gasteiger partial charge in [-0.1, -0.05) is 43.3 Å². The average molecular weight is 397 g/mol. The first-order valence-electron chi connectivity index (χ1n) is 8.73. The Balaban J connectivity index is 1.86. The van der Waals surface area contributed by atoms with Gasteiger partial charge in [-0.25, -0.2) is 12.8 Å². The zero-order valence-electron chi connectivity index (χ0n) is 14.9. The third-order valence-corrected chi connectivity index (χ3v) is 6.91. The minimum Gasteiger partial charge on any atom is -0.292 e. The van der Waals surface area contributed by atoms with Crippen LogP contribution >= 0.6 is 0 Å². The van der Waals surface area contributed by atoms with E-state index in [1.807, 2.05) is 24.3 Å². The molecule has 1 heterocycles. The Hall–Kier alpha value is -2.90. The maximum atomic E-state index is 13.6. The smallest absolute Gasteiger partial charge is 0.244 e. The van der Waals surface area contributed by atoms with Crippen LogP contribution in [-0.4, -0.2) is 36.9 Å². The lowest BCUT2D eigenvalue weighted by Gasteiger charge is -2.33. The number of Topliss-reactive ketones (excluding diaryl/α,β-unsaturated/α-hetero) is 2. The molecule has 5 nitrogen and oxygen atoms in total. The van der Waals surface area contributed by atoms with Gasteiger partial charge < -0.3 is 0 Å². The van der Waals surface area contributed by atoms with E-state index >= 15 is 0 Å². The Morgan fingerprint density at radius 1 is 1.04 bits per heavy atom. The number of likely N-dealkylation sites (N-methyl/N-ethyl adjacent to an activating group) is 1. The highest BCUT2D eigenvalue weighted by Crippen LogP contribution is 2.32. The number of rotatable bonds is 3. The fourth-order valence-corrected chi connectivity index (χ4v) is 5.33. The number of benzene rings is 3. The first-order chi connectivity index (χ1) is 13.3. The second kappa shape index (κ2) is 6.61. The summed E-state index contributed by atoms with van der Waals surface area (Å²) in [7, 11) is -4.18. The molecule has 28 heavy (non-hydrogen) atoms. The van der Waals surface area contributed by atoms with E-state index in [0.29, 0.717) is 0 Å². The molecule has 0 fully saturated rings. The molecule has 142 valence electrons. The molecule has 7 heteroatoms. The summed E-state index contributed by atoms with van der Waals surface area (Å²) in [5.41, 5.74) is 0.0847. The molecule has 0 spiro atoms. The van der Waals surface area contributed by atoms with Crippen molar-refractivity contribution in [2.75, 3.05) is 6.54 Å². The Morgan fingerprint density at radius 3 is 2.46 bits per heavy atom. The zero-order chi connectivity index (χ0) is 20.1. The van der Waals surface area contributed by atoms with Gasteiger partial charge in [-0.15, -0.1) is 0 Å². The Morgan fingerprint density at radius 2 is 1.75 bits per heavy atom. The first kappa shape index (κ1) is 18.5. The quantitative estimate of drug-likeness (QED) is 0.501. The number of ketones is 2. The van der Waals surface area contributed by atoms with E-state index in [2.05, 4.69) is 0 Å². The van der Waals surface area contributed by atoms with Gasteiger partial charge in [0.15, 0.2) is 17.6 Å². The van der Waals surface area contributed by atoms with Crippen molar-refractivity contribution in [3.05, 3.63) is 77.6 Å². The average Bonchev–Trinajstić information content (AvgIpc) is 2.69. The van der Waals surface area contributed by atoms with Crippen LogP contribution < -0.4 is 0 Å². The predicted octanol–water partition coefficient (Wildman–Crippen LogP) is 3.44. The van der Waals surface area contributed by atoms with Crippen LogP contribution in [0.5, 0.6) is 0 Å². The van der Waals surface area contributed by atoms with Crippen LogP contribution in [0.25, 0.3) is 10.8 Å². The SMILES string of the molecule is CCN1C(C(=O)c2ccc3ccccc3c2)C(=O)c2ccc(F)cc2S1(=O)=O. The number of hydrogen-bond donors (Lipinski definition) is 0. The van der Waals surface area contributed by atoms with E-state index in [1.54, 1.807) is 18.2 Å². The number of nitrogens with zero attached hydrogens (tertiary/aromatic N) is 1. The van der Waals surface area contributed by atoms with Crippen molar-refractivity contribution in [2.24, 2.45) is 0 Å². The van der Waals surface area contributed by atoms with Crippen LogP contribution in [0.15, 0.2) is 65.6 Å². The summed E-state index contributed by atoms with van der Waals surface area (Å²) in [4.78, 5) is 25.8. The molecule has 0 aliphatic carbocycles. The molecule has 0 amide bonds. The van der Waals surface area contributed by atoms with Crippen molar-refractivity contribution in [3.63, 3.8) is 0 Å². The van der Waals surface area contributed by atoms with Crippen LogP contribution in [0.3, 0.4) is 0 Å². The number of halogens is 1. The lowest BCUT2D eigenvalue weighted by molar-refractivity contribution is 0.0771. The summed E-state index contributed by atoms with van der Waals surface area (Å²) in [6.45, 7) is 1.45. The standard InChI is InChI=1S/C21H16FNO4S/c1-2-23-19(20(24)15-8-7-13-5-3-4-6-14(13)11-15)21(25)17-10-9-16(22)12-18(17)28(23,26)27/h3-12,19H,2H2,1H3. The van der Waals surface area contributed by atoms with E-state index in [4.69, 9.17) is 0 Å². The molecular weight excluding hydrogens is 381 g/mol. The molecule has 0 bridgehead atoms. The summed E-state index contributed by atoms with van der Waals surface area (Å²) < 4.78 is 40.3. The van der Waals surface area contributed by atoms with E-state index in [-0.39, 0.29) is 17.7 Å². The highest BCUT2D eigenvalue weighted by Gasteiger charge is 2.46. The van der Waals surface area contributed by atoms with Crippen molar-refractivity contribution in [2.45, 2.75) is 17.9 Å². The van der Waals surface area contributed by atoms with Gasteiger partial charge in [-0.3, -0.25) is 9.59 Å². The van der Waals surface area contributed by atoms with Gasteiger partial charge in [-0.2, -0.15) is 4.31 Å². The minimum absolute atomic E-state index is 0.0893. The van der Waals surface area contributed by atoms with Gasteiger partial charge in [-0.05, 0) is 35.0 Å². The van der Waals surface area contributed by atoms with Crippen LogP contribution in [0.4, 0.5) is 4.39 Å². The van der Waals surface area contributed by atoms with Gasteiger partial charge in [0.1, 0.15) is 5.82 Å². The van der Waals surface area contributed by atoms with Crippen LogP contribution in [0, 0.1) is 5.82 Å². The monoisotopic (exact) mass is 397 g/mol. The molecule has 0 saturated heterocycles. The fraction of sp³-hybridized carbons (Fsp3) is 0.143. The molecule has 0 aromatic heterocycles. The molecule has 1 aliphatic heterocycles. The third kappa shape index (κ3) is 2.75. The summed E-state index contributed by atoms with van der Waals surface area (Å²) in [6.07, 6.45) is 0. The number of fused-ring (bicyclic) bond motifs is 2. The molecule has 0 radical (unpaired) electrons. The second-order valence-electron chi connectivity index (χ2n) is 6.54. The van der Waals surface area contributed by atoms with E-state index in [0.717, 1.165) is 33.3 Å².